The van der Waals surface area contributed by atoms with Crippen LogP contribution in [0.4, 0.5) is 5.82 Å². The van der Waals surface area contributed by atoms with Crippen LogP contribution in [-0.4, -0.2) is 66.2 Å². The molecule has 0 aliphatic carbocycles. The molecule has 0 spiro atoms. The first kappa shape index (κ1) is 18.3. The van der Waals surface area contributed by atoms with E-state index in [1.54, 1.807) is 0 Å². The van der Waals surface area contributed by atoms with Gasteiger partial charge in [-0.2, -0.15) is 5.10 Å². The van der Waals surface area contributed by atoms with Crippen LogP contribution < -0.4 is 4.90 Å². The first-order chi connectivity index (χ1) is 12.6. The summed E-state index contributed by atoms with van der Waals surface area (Å²) in [5.74, 6) is 1.05. The zero-order valence-electron chi connectivity index (χ0n) is 15.8. The van der Waals surface area contributed by atoms with Crippen molar-refractivity contribution in [3.05, 3.63) is 53.7 Å². The Morgan fingerprint density at radius 3 is 2.42 bits per heavy atom. The van der Waals surface area contributed by atoms with Crippen molar-refractivity contribution < 1.29 is 4.79 Å². The van der Waals surface area contributed by atoms with Crippen molar-refractivity contribution >= 4 is 11.7 Å². The van der Waals surface area contributed by atoms with E-state index >= 15 is 0 Å². The van der Waals surface area contributed by atoms with Crippen LogP contribution in [0.15, 0.2) is 42.5 Å². The SMILES string of the molecule is Cc1ccc(N2CCCN(C(=O)C(c3ccccc3)N(C)C)CC2)nn1. The van der Waals surface area contributed by atoms with Crippen LogP contribution in [0.25, 0.3) is 0 Å². The van der Waals surface area contributed by atoms with Crippen molar-refractivity contribution in [3.8, 4) is 0 Å². The van der Waals surface area contributed by atoms with Crippen LogP contribution in [0.1, 0.15) is 23.7 Å². The van der Waals surface area contributed by atoms with Crippen molar-refractivity contribution in [3.63, 3.8) is 0 Å². The molecule has 1 aliphatic heterocycles. The highest BCUT2D eigenvalue weighted by Gasteiger charge is 2.29. The molecule has 6 nitrogen and oxygen atoms in total. The molecule has 2 aromatic rings. The second-order valence-electron chi connectivity index (χ2n) is 6.98. The van der Waals surface area contributed by atoms with Crippen molar-refractivity contribution in [1.29, 1.82) is 0 Å². The molecule has 1 unspecified atom stereocenters. The van der Waals surface area contributed by atoms with Crippen LogP contribution in [0.5, 0.6) is 0 Å². The molecule has 2 heterocycles. The third-order valence-corrected chi connectivity index (χ3v) is 4.78. The molecule has 26 heavy (non-hydrogen) atoms. The smallest absolute Gasteiger partial charge is 0.244 e. The highest BCUT2D eigenvalue weighted by Crippen LogP contribution is 2.22. The average molecular weight is 353 g/mol. The summed E-state index contributed by atoms with van der Waals surface area (Å²) in [5.41, 5.74) is 1.95. The van der Waals surface area contributed by atoms with Gasteiger partial charge in [-0.25, -0.2) is 0 Å². The highest BCUT2D eigenvalue weighted by atomic mass is 16.2. The number of aryl methyl sites for hydroxylation is 1. The molecule has 3 rings (SSSR count). The molecule has 1 aromatic carbocycles. The van der Waals surface area contributed by atoms with Gasteiger partial charge in [0, 0.05) is 26.2 Å². The molecule has 138 valence electrons. The molecule has 1 aliphatic rings. The van der Waals surface area contributed by atoms with E-state index in [-0.39, 0.29) is 11.9 Å². The van der Waals surface area contributed by atoms with Gasteiger partial charge in [0.15, 0.2) is 5.82 Å². The highest BCUT2D eigenvalue weighted by molar-refractivity contribution is 5.83. The number of benzene rings is 1. The standard InChI is InChI=1S/C20H27N5O/c1-16-10-11-18(22-21-16)24-12-7-13-25(15-14-24)20(26)19(23(2)3)17-8-5-4-6-9-17/h4-6,8-11,19H,7,12-15H2,1-3H3. The predicted molar refractivity (Wildman–Crippen MR) is 103 cm³/mol. The lowest BCUT2D eigenvalue weighted by atomic mass is 10.0. The summed E-state index contributed by atoms with van der Waals surface area (Å²) in [6.07, 6.45) is 0.927. The number of carbonyl (C=O) groups is 1. The summed E-state index contributed by atoms with van der Waals surface area (Å²) < 4.78 is 0. The van der Waals surface area contributed by atoms with Crippen molar-refractivity contribution in [2.24, 2.45) is 0 Å². The number of rotatable bonds is 4. The number of likely N-dealkylation sites (N-methyl/N-ethyl adjacent to an activating group) is 1. The number of carbonyl (C=O) groups excluding carboxylic acids is 1. The fourth-order valence-corrected chi connectivity index (χ4v) is 3.40. The lowest BCUT2D eigenvalue weighted by Gasteiger charge is -2.30. The third kappa shape index (κ3) is 4.19. The second-order valence-corrected chi connectivity index (χ2v) is 6.98. The van der Waals surface area contributed by atoms with E-state index in [2.05, 4.69) is 15.1 Å². The van der Waals surface area contributed by atoms with Crippen molar-refractivity contribution in [2.45, 2.75) is 19.4 Å². The molecule has 0 N–H and O–H groups in total. The number of amides is 1. The number of hydrogen-bond donors (Lipinski definition) is 0. The summed E-state index contributed by atoms with van der Waals surface area (Å²) >= 11 is 0. The zero-order chi connectivity index (χ0) is 18.5. The third-order valence-electron chi connectivity index (χ3n) is 4.78. The Bertz CT molecular complexity index is 717. The van der Waals surface area contributed by atoms with Crippen LogP contribution in [-0.2, 0) is 4.79 Å². The van der Waals surface area contributed by atoms with Gasteiger partial charge in [-0.05, 0) is 45.1 Å². The summed E-state index contributed by atoms with van der Waals surface area (Å²) in [5, 5.41) is 8.44. The van der Waals surface area contributed by atoms with E-state index in [9.17, 15) is 4.79 Å². The fraction of sp³-hybridized carbons (Fsp3) is 0.450. The molecule has 6 heteroatoms. The van der Waals surface area contributed by atoms with Gasteiger partial charge < -0.3 is 9.80 Å². The first-order valence-corrected chi connectivity index (χ1v) is 9.11. The van der Waals surface area contributed by atoms with E-state index in [0.29, 0.717) is 6.54 Å². The maximum Gasteiger partial charge on any atom is 0.244 e. The van der Waals surface area contributed by atoms with E-state index in [1.165, 1.54) is 0 Å². The van der Waals surface area contributed by atoms with E-state index in [0.717, 1.165) is 43.1 Å². The second kappa shape index (κ2) is 8.27. The Hall–Kier alpha value is -2.47. The number of nitrogens with zero attached hydrogens (tertiary/aromatic N) is 5. The minimum Gasteiger partial charge on any atom is -0.353 e. The Balaban J connectivity index is 1.71. The quantitative estimate of drug-likeness (QED) is 0.843. The molecular formula is C20H27N5O. The van der Waals surface area contributed by atoms with Crippen LogP contribution in [0, 0.1) is 6.92 Å². The lowest BCUT2D eigenvalue weighted by molar-refractivity contribution is -0.136. The van der Waals surface area contributed by atoms with E-state index < -0.39 is 0 Å². The molecule has 1 fully saturated rings. The largest absolute Gasteiger partial charge is 0.353 e. The molecule has 1 aromatic heterocycles. The van der Waals surface area contributed by atoms with Gasteiger partial charge in [-0.15, -0.1) is 5.10 Å². The van der Waals surface area contributed by atoms with Gasteiger partial charge in [-0.3, -0.25) is 9.69 Å². The van der Waals surface area contributed by atoms with Gasteiger partial charge in [-0.1, -0.05) is 30.3 Å². The van der Waals surface area contributed by atoms with Crippen LogP contribution in [0.3, 0.4) is 0 Å². The van der Waals surface area contributed by atoms with Gasteiger partial charge in [0.1, 0.15) is 6.04 Å². The molecule has 0 bridgehead atoms. The Kier molecular flexibility index (Phi) is 5.83. The monoisotopic (exact) mass is 353 g/mol. The molecular weight excluding hydrogens is 326 g/mol. The van der Waals surface area contributed by atoms with E-state index in [4.69, 9.17) is 0 Å². The first-order valence-electron chi connectivity index (χ1n) is 9.11. The Morgan fingerprint density at radius 1 is 1.00 bits per heavy atom. The summed E-state index contributed by atoms with van der Waals surface area (Å²) in [7, 11) is 3.92. The van der Waals surface area contributed by atoms with Gasteiger partial charge in [0.05, 0.1) is 5.69 Å². The average Bonchev–Trinajstić information content (AvgIpc) is 2.89. The summed E-state index contributed by atoms with van der Waals surface area (Å²) in [6.45, 7) is 5.07. The van der Waals surface area contributed by atoms with Gasteiger partial charge in [0.25, 0.3) is 0 Å². The number of anilines is 1. The van der Waals surface area contributed by atoms with Crippen molar-refractivity contribution in [1.82, 2.24) is 20.0 Å². The topological polar surface area (TPSA) is 52.6 Å². The van der Waals surface area contributed by atoms with E-state index in [1.807, 2.05) is 73.3 Å². The van der Waals surface area contributed by atoms with Crippen LogP contribution >= 0.6 is 0 Å². The van der Waals surface area contributed by atoms with Gasteiger partial charge >= 0.3 is 0 Å². The normalized spacial score (nSPS) is 16.5. The minimum atomic E-state index is -0.248. The molecule has 0 radical (unpaired) electrons. The predicted octanol–water partition coefficient (Wildman–Crippen LogP) is 2.13. The zero-order valence-corrected chi connectivity index (χ0v) is 15.8. The maximum absolute atomic E-state index is 13.2. The molecule has 0 saturated carbocycles. The maximum atomic E-state index is 13.2. The van der Waals surface area contributed by atoms with Gasteiger partial charge in [0.2, 0.25) is 5.91 Å². The fourth-order valence-electron chi connectivity index (χ4n) is 3.40. The van der Waals surface area contributed by atoms with Crippen LogP contribution in [0.2, 0.25) is 0 Å². The molecule has 1 atom stereocenters. The van der Waals surface area contributed by atoms with Crippen molar-refractivity contribution in [2.75, 3.05) is 45.2 Å². The Morgan fingerprint density at radius 2 is 1.77 bits per heavy atom. The summed E-state index contributed by atoms with van der Waals surface area (Å²) in [6, 6.07) is 13.7. The minimum absolute atomic E-state index is 0.165. The number of hydrogen-bond acceptors (Lipinski definition) is 5. The summed E-state index contributed by atoms with van der Waals surface area (Å²) in [4.78, 5) is 19.4. The molecule has 1 saturated heterocycles. The number of aromatic nitrogens is 2. The molecule has 1 amide bonds. The Labute approximate surface area is 155 Å². The lowest BCUT2D eigenvalue weighted by Crippen LogP contribution is -2.42.